The minimum atomic E-state index is -0.710. The molecule has 8 heteroatoms. The molecule has 0 radical (unpaired) electrons. The van der Waals surface area contributed by atoms with Crippen molar-refractivity contribution in [2.24, 2.45) is 5.92 Å². The van der Waals surface area contributed by atoms with E-state index < -0.39 is 22.9 Å². The van der Waals surface area contributed by atoms with E-state index in [2.05, 4.69) is 4.98 Å². The predicted molar refractivity (Wildman–Crippen MR) is 115 cm³/mol. The normalized spacial score (nSPS) is 11.5. The minimum Gasteiger partial charge on any atom is -0.320 e. The van der Waals surface area contributed by atoms with Crippen LogP contribution in [0.3, 0.4) is 0 Å². The van der Waals surface area contributed by atoms with Gasteiger partial charge in [0.15, 0.2) is 11.2 Å². The maximum Gasteiger partial charge on any atom is 0.337 e. The van der Waals surface area contributed by atoms with Crippen molar-refractivity contribution in [3.63, 3.8) is 0 Å². The van der Waals surface area contributed by atoms with Crippen LogP contribution >= 0.6 is 0 Å². The zero-order valence-corrected chi connectivity index (χ0v) is 17.3. The van der Waals surface area contributed by atoms with Gasteiger partial charge in [-0.2, -0.15) is 0 Å². The van der Waals surface area contributed by atoms with Crippen molar-refractivity contribution in [3.05, 3.63) is 92.9 Å². The highest BCUT2D eigenvalue weighted by atomic mass is 19.1. The van der Waals surface area contributed by atoms with Crippen LogP contribution in [-0.4, -0.2) is 18.7 Å². The van der Waals surface area contributed by atoms with Gasteiger partial charge in [-0.3, -0.25) is 9.36 Å². The molecule has 0 spiro atoms. The first-order valence-corrected chi connectivity index (χ1v) is 10.1. The summed E-state index contributed by atoms with van der Waals surface area (Å²) in [6, 6.07) is 12.2. The summed E-state index contributed by atoms with van der Waals surface area (Å²) < 4.78 is 31.6. The van der Waals surface area contributed by atoms with Gasteiger partial charge in [0.1, 0.15) is 11.6 Å². The second kappa shape index (κ2) is 8.29. The van der Waals surface area contributed by atoms with Crippen LogP contribution in [0.15, 0.2) is 64.4 Å². The second-order valence-corrected chi connectivity index (χ2v) is 7.87. The van der Waals surface area contributed by atoms with E-state index in [0.29, 0.717) is 18.0 Å². The maximum atomic E-state index is 14.2. The largest absolute Gasteiger partial charge is 0.337 e. The topological polar surface area (TPSA) is 61.8 Å². The number of halogens is 2. The molecule has 0 amide bonds. The van der Waals surface area contributed by atoms with Gasteiger partial charge in [0, 0.05) is 18.2 Å². The average Bonchev–Trinajstić information content (AvgIpc) is 3.14. The van der Waals surface area contributed by atoms with Gasteiger partial charge in [-0.25, -0.2) is 23.1 Å². The number of nitrogens with zero attached hydrogens (tertiary/aromatic N) is 4. The van der Waals surface area contributed by atoms with Gasteiger partial charge < -0.3 is 4.57 Å². The van der Waals surface area contributed by atoms with Crippen LogP contribution in [0.25, 0.3) is 16.9 Å². The van der Waals surface area contributed by atoms with E-state index in [0.717, 1.165) is 6.07 Å². The molecule has 0 aliphatic rings. The molecule has 160 valence electrons. The van der Waals surface area contributed by atoms with Gasteiger partial charge in [-0.15, -0.1) is 0 Å². The second-order valence-electron chi connectivity index (χ2n) is 7.87. The molecule has 31 heavy (non-hydrogen) atoms. The molecule has 2 aromatic heterocycles. The molecule has 6 nitrogen and oxygen atoms in total. The van der Waals surface area contributed by atoms with Gasteiger partial charge in [0.05, 0.1) is 18.6 Å². The molecule has 0 fully saturated rings. The Kier molecular flexibility index (Phi) is 5.54. The van der Waals surface area contributed by atoms with Crippen LogP contribution in [0.5, 0.6) is 0 Å². The smallest absolute Gasteiger partial charge is 0.320 e. The molecule has 0 unspecified atom stereocenters. The van der Waals surface area contributed by atoms with Crippen molar-refractivity contribution in [1.29, 1.82) is 0 Å². The first kappa shape index (κ1) is 20.7. The van der Waals surface area contributed by atoms with E-state index in [-0.39, 0.29) is 29.8 Å². The lowest BCUT2D eigenvalue weighted by molar-refractivity contribution is 0.491. The van der Waals surface area contributed by atoms with Crippen molar-refractivity contribution < 1.29 is 8.78 Å². The van der Waals surface area contributed by atoms with E-state index in [1.54, 1.807) is 24.3 Å². The summed E-state index contributed by atoms with van der Waals surface area (Å²) in [5.74, 6) is -1.09. The Hall–Kier alpha value is -3.55. The molecule has 0 saturated carbocycles. The lowest BCUT2D eigenvalue weighted by atomic mass is 10.1. The van der Waals surface area contributed by atoms with Gasteiger partial charge in [-0.05, 0) is 30.5 Å². The summed E-state index contributed by atoms with van der Waals surface area (Å²) in [6.07, 6.45) is 2.05. The van der Waals surface area contributed by atoms with E-state index in [1.165, 1.54) is 32.2 Å². The lowest BCUT2D eigenvalue weighted by Crippen LogP contribution is -2.40. The molecule has 0 aliphatic heterocycles. The molecular weight excluding hydrogens is 402 g/mol. The summed E-state index contributed by atoms with van der Waals surface area (Å²) in [5.41, 5.74) is 0.233. The zero-order valence-electron chi connectivity index (χ0n) is 17.3. The molecule has 4 rings (SSSR count). The van der Waals surface area contributed by atoms with Crippen molar-refractivity contribution in [3.8, 4) is 5.69 Å². The fourth-order valence-corrected chi connectivity index (χ4v) is 3.53. The van der Waals surface area contributed by atoms with Crippen LogP contribution in [0.2, 0.25) is 0 Å². The summed E-state index contributed by atoms with van der Waals surface area (Å²) >= 11 is 0. The molecule has 2 aromatic carbocycles. The van der Waals surface area contributed by atoms with Crippen LogP contribution in [0.4, 0.5) is 8.78 Å². The quantitative estimate of drug-likeness (QED) is 0.474. The van der Waals surface area contributed by atoms with Gasteiger partial charge in [0.2, 0.25) is 0 Å². The summed E-state index contributed by atoms with van der Waals surface area (Å²) in [4.78, 5) is 30.9. The third kappa shape index (κ3) is 3.93. The highest BCUT2D eigenvalue weighted by Gasteiger charge is 2.20. The molecule has 0 bridgehead atoms. The fourth-order valence-electron chi connectivity index (χ4n) is 3.53. The van der Waals surface area contributed by atoms with Crippen molar-refractivity contribution in [2.75, 3.05) is 0 Å². The maximum absolute atomic E-state index is 14.2. The van der Waals surface area contributed by atoms with Crippen molar-refractivity contribution in [1.82, 2.24) is 18.7 Å². The number of aromatic nitrogens is 4. The Labute approximate surface area is 177 Å². The van der Waals surface area contributed by atoms with E-state index in [9.17, 15) is 18.4 Å². The number of hydrogen-bond acceptors (Lipinski definition) is 3. The Morgan fingerprint density at radius 2 is 1.77 bits per heavy atom. The molecule has 0 aliphatic carbocycles. The molecule has 0 N–H and O–H groups in total. The number of fused-ring (bicyclic) bond motifs is 1. The van der Waals surface area contributed by atoms with Crippen molar-refractivity contribution in [2.45, 2.75) is 33.4 Å². The van der Waals surface area contributed by atoms with E-state index in [1.807, 2.05) is 19.9 Å². The molecule has 0 atom stereocenters. The fraction of sp³-hybridized carbons (Fsp3) is 0.261. The number of rotatable bonds is 6. The van der Waals surface area contributed by atoms with Gasteiger partial charge in [0.25, 0.3) is 5.56 Å². The van der Waals surface area contributed by atoms with E-state index in [4.69, 9.17) is 0 Å². The van der Waals surface area contributed by atoms with Crippen molar-refractivity contribution >= 4 is 11.2 Å². The van der Waals surface area contributed by atoms with Gasteiger partial charge in [-0.1, -0.05) is 38.1 Å². The number of hydrogen-bond donors (Lipinski definition) is 0. The highest BCUT2D eigenvalue weighted by molar-refractivity contribution is 5.72. The molecule has 4 aromatic rings. The Balaban J connectivity index is 1.95. The van der Waals surface area contributed by atoms with Crippen LogP contribution in [-0.2, 0) is 13.1 Å². The first-order valence-electron chi connectivity index (χ1n) is 10.1. The van der Waals surface area contributed by atoms with Crippen LogP contribution in [0.1, 0.15) is 25.8 Å². The molecule has 0 saturated heterocycles. The zero-order chi connectivity index (χ0) is 22.1. The summed E-state index contributed by atoms with van der Waals surface area (Å²) in [6.45, 7) is 4.27. The average molecular weight is 424 g/mol. The first-order chi connectivity index (χ1) is 14.9. The summed E-state index contributed by atoms with van der Waals surface area (Å²) in [5, 5.41) is 0. The SMILES string of the molecule is CC(C)CCn1c(=O)c2c(ncn2Cc2ccc(F)cc2F)n(-c2ccccc2)c1=O. The third-order valence-corrected chi connectivity index (χ3v) is 5.20. The number of para-hydroxylation sites is 1. The predicted octanol–water partition coefficient (Wildman–Crippen LogP) is 3.72. The molecule has 2 heterocycles. The standard InChI is InChI=1S/C23H22F2N4O2/c1-15(2)10-11-28-22(30)20-21(29(23(28)31)18-6-4-3-5-7-18)26-14-27(20)13-16-8-9-17(24)12-19(16)25/h3-9,12,14-15H,10-11,13H2,1-2H3. The Morgan fingerprint density at radius 1 is 1.03 bits per heavy atom. The number of benzene rings is 2. The van der Waals surface area contributed by atoms with E-state index >= 15 is 0 Å². The Morgan fingerprint density at radius 3 is 2.45 bits per heavy atom. The highest BCUT2D eigenvalue weighted by Crippen LogP contribution is 2.17. The third-order valence-electron chi connectivity index (χ3n) is 5.20. The van der Waals surface area contributed by atoms with Crippen LogP contribution in [0, 0.1) is 17.6 Å². The van der Waals surface area contributed by atoms with Crippen LogP contribution < -0.4 is 11.2 Å². The van der Waals surface area contributed by atoms with Gasteiger partial charge >= 0.3 is 5.69 Å². The lowest BCUT2D eigenvalue weighted by Gasteiger charge is -2.13. The Bertz CT molecular complexity index is 1350. The molecular formula is C23H22F2N4O2. The summed E-state index contributed by atoms with van der Waals surface area (Å²) in [7, 11) is 0. The minimum absolute atomic E-state index is 0.0188. The number of imidazole rings is 1. The monoisotopic (exact) mass is 424 g/mol.